The second-order valence-corrected chi connectivity index (χ2v) is 7.48. The average molecular weight is 373 g/mol. The standard InChI is InChI=1S/C19H20FN3O2S/c1-3-18(25)23-10-14(11-23)9-17(24)22-19-21-12(2)16(26-19)8-13-5-4-6-15(20)7-13/h3-7,14H,1,8-11H2,2H3,(H,21,22,24). The molecule has 1 aromatic heterocycles. The highest BCUT2D eigenvalue weighted by molar-refractivity contribution is 7.15. The molecular formula is C19H20FN3O2S. The summed E-state index contributed by atoms with van der Waals surface area (Å²) in [5, 5.41) is 3.38. The molecule has 0 spiro atoms. The second kappa shape index (κ2) is 7.78. The number of hydrogen-bond acceptors (Lipinski definition) is 4. The van der Waals surface area contributed by atoms with Crippen LogP contribution in [0.4, 0.5) is 9.52 Å². The lowest BCUT2D eigenvalue weighted by Gasteiger charge is -2.38. The highest BCUT2D eigenvalue weighted by atomic mass is 32.1. The summed E-state index contributed by atoms with van der Waals surface area (Å²) in [7, 11) is 0. The van der Waals surface area contributed by atoms with E-state index in [9.17, 15) is 14.0 Å². The van der Waals surface area contributed by atoms with E-state index in [0.29, 0.717) is 31.1 Å². The van der Waals surface area contributed by atoms with Crippen molar-refractivity contribution in [3.8, 4) is 0 Å². The molecule has 1 aromatic carbocycles. The Bertz CT molecular complexity index is 843. The Kier molecular flexibility index (Phi) is 5.46. The number of hydrogen-bond donors (Lipinski definition) is 1. The van der Waals surface area contributed by atoms with Crippen molar-refractivity contribution < 1.29 is 14.0 Å². The van der Waals surface area contributed by atoms with E-state index in [2.05, 4.69) is 16.9 Å². The van der Waals surface area contributed by atoms with Crippen LogP contribution >= 0.6 is 11.3 Å². The highest BCUT2D eigenvalue weighted by Crippen LogP contribution is 2.26. The van der Waals surface area contributed by atoms with Crippen molar-refractivity contribution in [2.75, 3.05) is 18.4 Å². The van der Waals surface area contributed by atoms with Crippen LogP contribution in [0.15, 0.2) is 36.9 Å². The smallest absolute Gasteiger partial charge is 0.245 e. The number of rotatable bonds is 6. The monoisotopic (exact) mass is 373 g/mol. The molecule has 3 rings (SSSR count). The van der Waals surface area contributed by atoms with Gasteiger partial charge in [-0.3, -0.25) is 9.59 Å². The topological polar surface area (TPSA) is 62.3 Å². The molecule has 0 atom stereocenters. The molecule has 7 heteroatoms. The van der Waals surface area contributed by atoms with Crippen molar-refractivity contribution in [1.82, 2.24) is 9.88 Å². The molecule has 1 aliphatic heterocycles. The van der Waals surface area contributed by atoms with Crippen molar-refractivity contribution in [1.29, 1.82) is 0 Å². The third-order valence-corrected chi connectivity index (χ3v) is 5.38. The Morgan fingerprint density at radius 3 is 2.92 bits per heavy atom. The first-order valence-electron chi connectivity index (χ1n) is 8.36. The molecule has 26 heavy (non-hydrogen) atoms. The number of aryl methyl sites for hydroxylation is 1. The van der Waals surface area contributed by atoms with Gasteiger partial charge in [0.15, 0.2) is 5.13 Å². The predicted octanol–water partition coefficient (Wildman–Crippen LogP) is 3.15. The molecule has 2 heterocycles. The van der Waals surface area contributed by atoms with Gasteiger partial charge in [-0.15, -0.1) is 11.3 Å². The van der Waals surface area contributed by atoms with Crippen molar-refractivity contribution >= 4 is 28.3 Å². The fourth-order valence-electron chi connectivity index (χ4n) is 2.92. The number of nitrogens with zero attached hydrogens (tertiary/aromatic N) is 2. The summed E-state index contributed by atoms with van der Waals surface area (Å²) in [6.45, 7) is 6.50. The Labute approximate surface area is 155 Å². The fraction of sp³-hybridized carbons (Fsp3) is 0.316. The summed E-state index contributed by atoms with van der Waals surface area (Å²) in [6.07, 6.45) is 2.23. The first kappa shape index (κ1) is 18.3. The molecule has 1 fully saturated rings. The molecule has 0 radical (unpaired) electrons. The van der Waals surface area contributed by atoms with Gasteiger partial charge in [0, 0.05) is 36.7 Å². The van der Waals surface area contributed by atoms with Crippen LogP contribution in [0.5, 0.6) is 0 Å². The average Bonchev–Trinajstić information content (AvgIpc) is 2.89. The van der Waals surface area contributed by atoms with E-state index in [1.165, 1.54) is 29.5 Å². The summed E-state index contributed by atoms with van der Waals surface area (Å²) in [6, 6.07) is 6.47. The number of likely N-dealkylation sites (tertiary alicyclic amines) is 1. The van der Waals surface area contributed by atoms with Gasteiger partial charge in [0.1, 0.15) is 5.82 Å². The number of amides is 2. The van der Waals surface area contributed by atoms with Gasteiger partial charge < -0.3 is 10.2 Å². The van der Waals surface area contributed by atoms with Crippen LogP contribution in [0.3, 0.4) is 0 Å². The molecule has 0 aliphatic carbocycles. The van der Waals surface area contributed by atoms with Gasteiger partial charge in [0.05, 0.1) is 5.69 Å². The van der Waals surface area contributed by atoms with Crippen molar-refractivity contribution in [3.05, 3.63) is 58.9 Å². The van der Waals surface area contributed by atoms with Gasteiger partial charge in [-0.1, -0.05) is 18.7 Å². The molecule has 1 saturated heterocycles. The lowest BCUT2D eigenvalue weighted by atomic mass is 9.96. The molecule has 1 N–H and O–H groups in total. The van der Waals surface area contributed by atoms with Gasteiger partial charge in [-0.2, -0.15) is 0 Å². The van der Waals surface area contributed by atoms with Crippen LogP contribution in [-0.4, -0.2) is 34.8 Å². The number of nitrogens with one attached hydrogen (secondary N) is 1. The van der Waals surface area contributed by atoms with Crippen molar-refractivity contribution in [3.63, 3.8) is 0 Å². The summed E-state index contributed by atoms with van der Waals surface area (Å²) in [4.78, 5) is 30.6. The molecule has 136 valence electrons. The fourth-order valence-corrected chi connectivity index (χ4v) is 3.93. The largest absolute Gasteiger partial charge is 0.338 e. The molecular weight excluding hydrogens is 353 g/mol. The van der Waals surface area contributed by atoms with E-state index >= 15 is 0 Å². The van der Waals surface area contributed by atoms with Gasteiger partial charge in [0.25, 0.3) is 0 Å². The maximum atomic E-state index is 13.3. The second-order valence-electron chi connectivity index (χ2n) is 6.40. The Balaban J connectivity index is 1.53. The summed E-state index contributed by atoms with van der Waals surface area (Å²) in [5.41, 5.74) is 1.71. The van der Waals surface area contributed by atoms with Crippen LogP contribution in [0.1, 0.15) is 22.6 Å². The van der Waals surface area contributed by atoms with Crippen LogP contribution in [0.25, 0.3) is 0 Å². The first-order chi connectivity index (χ1) is 12.4. The summed E-state index contributed by atoms with van der Waals surface area (Å²) in [5.74, 6) is -0.291. The minimum absolute atomic E-state index is 0.0980. The Morgan fingerprint density at radius 1 is 1.46 bits per heavy atom. The molecule has 2 aromatic rings. The van der Waals surface area contributed by atoms with E-state index < -0.39 is 0 Å². The van der Waals surface area contributed by atoms with Crippen LogP contribution < -0.4 is 5.32 Å². The number of benzene rings is 1. The zero-order chi connectivity index (χ0) is 18.7. The minimum Gasteiger partial charge on any atom is -0.338 e. The third kappa shape index (κ3) is 4.35. The first-order valence-corrected chi connectivity index (χ1v) is 9.18. The number of carbonyl (C=O) groups is 2. The maximum Gasteiger partial charge on any atom is 0.245 e. The van der Waals surface area contributed by atoms with E-state index in [0.717, 1.165) is 16.1 Å². The maximum absolute atomic E-state index is 13.3. The number of anilines is 1. The van der Waals surface area contributed by atoms with E-state index in [-0.39, 0.29) is 23.5 Å². The minimum atomic E-state index is -0.261. The summed E-state index contributed by atoms with van der Waals surface area (Å²) < 4.78 is 13.3. The van der Waals surface area contributed by atoms with Crippen molar-refractivity contribution in [2.45, 2.75) is 19.8 Å². The number of carbonyl (C=O) groups excluding carboxylic acids is 2. The summed E-state index contributed by atoms with van der Waals surface area (Å²) >= 11 is 1.41. The lowest BCUT2D eigenvalue weighted by Crippen LogP contribution is -2.50. The molecule has 0 saturated carbocycles. The van der Waals surface area contributed by atoms with Gasteiger partial charge in [-0.05, 0) is 30.7 Å². The van der Waals surface area contributed by atoms with E-state index in [1.807, 2.05) is 13.0 Å². The van der Waals surface area contributed by atoms with Crippen LogP contribution in [0.2, 0.25) is 0 Å². The Hall–Kier alpha value is -2.54. The zero-order valence-corrected chi connectivity index (χ0v) is 15.3. The van der Waals surface area contributed by atoms with Gasteiger partial charge in [-0.25, -0.2) is 9.37 Å². The SMILES string of the molecule is C=CC(=O)N1CC(CC(=O)Nc2nc(C)c(Cc3cccc(F)c3)s2)C1. The van der Waals surface area contributed by atoms with E-state index in [1.54, 1.807) is 11.0 Å². The normalized spacial score (nSPS) is 14.0. The lowest BCUT2D eigenvalue weighted by molar-refractivity contribution is -0.134. The highest BCUT2D eigenvalue weighted by Gasteiger charge is 2.30. The van der Waals surface area contributed by atoms with Crippen LogP contribution in [-0.2, 0) is 16.0 Å². The van der Waals surface area contributed by atoms with Crippen molar-refractivity contribution in [2.24, 2.45) is 5.92 Å². The molecule has 2 amide bonds. The Morgan fingerprint density at radius 2 is 2.23 bits per heavy atom. The molecule has 5 nitrogen and oxygen atoms in total. The van der Waals surface area contributed by atoms with E-state index in [4.69, 9.17) is 0 Å². The zero-order valence-electron chi connectivity index (χ0n) is 14.5. The number of thiazole rings is 1. The molecule has 0 unspecified atom stereocenters. The number of aromatic nitrogens is 1. The number of halogens is 1. The third-order valence-electron chi connectivity index (χ3n) is 4.31. The van der Waals surface area contributed by atoms with Gasteiger partial charge in [0.2, 0.25) is 11.8 Å². The quantitative estimate of drug-likeness (QED) is 0.791. The predicted molar refractivity (Wildman–Crippen MR) is 99.6 cm³/mol. The van der Waals surface area contributed by atoms with Crippen LogP contribution in [0, 0.1) is 18.7 Å². The molecule has 0 bridgehead atoms. The molecule has 1 aliphatic rings. The van der Waals surface area contributed by atoms with Gasteiger partial charge >= 0.3 is 0 Å².